The molecule has 1 heterocycles. The topological polar surface area (TPSA) is 58.6 Å². The third-order valence-corrected chi connectivity index (χ3v) is 3.49. The lowest BCUT2D eigenvalue weighted by molar-refractivity contribution is -0.140. The van der Waals surface area contributed by atoms with E-state index in [-0.39, 0.29) is 5.69 Å². The van der Waals surface area contributed by atoms with E-state index in [9.17, 15) is 27.2 Å². The molecule has 2 rings (SSSR count). The van der Waals surface area contributed by atoms with Crippen LogP contribution in [-0.2, 0) is 15.7 Å². The molecule has 9 heteroatoms. The van der Waals surface area contributed by atoms with Gasteiger partial charge < -0.3 is 10.1 Å². The van der Waals surface area contributed by atoms with E-state index in [4.69, 9.17) is 4.74 Å². The van der Waals surface area contributed by atoms with Crippen molar-refractivity contribution < 1.29 is 31.9 Å². The quantitative estimate of drug-likeness (QED) is 0.815. The highest BCUT2D eigenvalue weighted by Gasteiger charge is 2.40. The van der Waals surface area contributed by atoms with Crippen molar-refractivity contribution in [3.05, 3.63) is 29.6 Å². The second-order valence-corrected chi connectivity index (χ2v) is 6.66. The highest BCUT2D eigenvalue weighted by atomic mass is 19.4. The second-order valence-electron chi connectivity index (χ2n) is 6.66. The predicted octanol–water partition coefficient (Wildman–Crippen LogP) is 3.79. The highest BCUT2D eigenvalue weighted by Crippen LogP contribution is 2.32. The summed E-state index contributed by atoms with van der Waals surface area (Å²) in [6.07, 6.45) is -5.08. The summed E-state index contributed by atoms with van der Waals surface area (Å²) in [5, 5.41) is 2.32. The molecule has 25 heavy (non-hydrogen) atoms. The van der Waals surface area contributed by atoms with E-state index in [2.05, 4.69) is 5.32 Å². The molecular weight excluding hydrogens is 344 g/mol. The molecule has 5 nitrogen and oxygen atoms in total. The molecule has 1 aromatic rings. The van der Waals surface area contributed by atoms with Crippen molar-refractivity contribution >= 4 is 17.7 Å². The number of benzene rings is 1. The van der Waals surface area contributed by atoms with Gasteiger partial charge in [-0.3, -0.25) is 9.69 Å². The Morgan fingerprint density at radius 2 is 1.88 bits per heavy atom. The number of alkyl halides is 3. The Bertz CT molecular complexity index is 683. The number of hydrogen-bond donors (Lipinski definition) is 1. The summed E-state index contributed by atoms with van der Waals surface area (Å²) in [5.74, 6) is -2.10. The van der Waals surface area contributed by atoms with Crippen LogP contribution in [0.25, 0.3) is 0 Å². The fourth-order valence-corrected chi connectivity index (χ4v) is 2.25. The molecule has 138 valence electrons. The van der Waals surface area contributed by atoms with E-state index < -0.39 is 41.2 Å². The van der Waals surface area contributed by atoms with Crippen LogP contribution in [-0.4, -0.2) is 35.1 Å². The van der Waals surface area contributed by atoms with Crippen LogP contribution < -0.4 is 5.32 Å². The van der Waals surface area contributed by atoms with E-state index in [0.717, 1.165) is 6.07 Å². The van der Waals surface area contributed by atoms with Crippen molar-refractivity contribution in [2.75, 3.05) is 11.9 Å². The zero-order valence-electron chi connectivity index (χ0n) is 13.9. The van der Waals surface area contributed by atoms with Crippen LogP contribution in [0.4, 0.5) is 28.0 Å². The Kier molecular flexibility index (Phi) is 4.97. The van der Waals surface area contributed by atoms with E-state index in [1.807, 2.05) is 0 Å². The number of amides is 2. The molecule has 0 saturated carbocycles. The number of ether oxygens (including phenoxy) is 1. The molecule has 1 aliphatic rings. The zero-order valence-corrected chi connectivity index (χ0v) is 13.9. The van der Waals surface area contributed by atoms with Crippen molar-refractivity contribution in [2.45, 2.75) is 45.0 Å². The van der Waals surface area contributed by atoms with Crippen molar-refractivity contribution in [1.29, 1.82) is 0 Å². The van der Waals surface area contributed by atoms with Crippen LogP contribution in [0.3, 0.4) is 0 Å². The summed E-state index contributed by atoms with van der Waals surface area (Å²) in [7, 11) is 0. The van der Waals surface area contributed by atoms with Crippen molar-refractivity contribution in [1.82, 2.24) is 4.90 Å². The molecule has 1 aliphatic heterocycles. The number of nitrogens with one attached hydrogen (secondary N) is 1. The van der Waals surface area contributed by atoms with E-state index in [1.165, 1.54) is 4.90 Å². The SMILES string of the molecule is CC(C)(C)OC(=O)N1CCC1C(=O)Nc1ccc(C(F)(F)F)c(F)c1. The summed E-state index contributed by atoms with van der Waals surface area (Å²) >= 11 is 0. The summed E-state index contributed by atoms with van der Waals surface area (Å²) in [6.45, 7) is 5.38. The second kappa shape index (κ2) is 6.53. The number of carbonyl (C=O) groups excluding carboxylic acids is 2. The molecule has 1 N–H and O–H groups in total. The van der Waals surface area contributed by atoms with Gasteiger partial charge in [0, 0.05) is 12.2 Å². The van der Waals surface area contributed by atoms with Crippen LogP contribution in [0.1, 0.15) is 32.8 Å². The van der Waals surface area contributed by atoms with Crippen LogP contribution >= 0.6 is 0 Å². The Labute approximate surface area is 141 Å². The Balaban J connectivity index is 2.03. The summed E-state index contributed by atoms with van der Waals surface area (Å²) in [5.41, 5.74) is -2.25. The molecule has 0 bridgehead atoms. The number of halogens is 4. The number of nitrogens with zero attached hydrogens (tertiary/aromatic N) is 1. The zero-order chi connectivity index (χ0) is 19.0. The van der Waals surface area contributed by atoms with Gasteiger partial charge in [0.1, 0.15) is 17.5 Å². The average molecular weight is 362 g/mol. The highest BCUT2D eigenvalue weighted by molar-refractivity contribution is 5.97. The number of hydrogen-bond acceptors (Lipinski definition) is 3. The van der Waals surface area contributed by atoms with E-state index in [1.54, 1.807) is 20.8 Å². The number of carbonyl (C=O) groups is 2. The summed E-state index contributed by atoms with van der Waals surface area (Å²) in [6, 6.07) is 1.30. The minimum Gasteiger partial charge on any atom is -0.444 e. The van der Waals surface area contributed by atoms with Crippen molar-refractivity contribution in [3.63, 3.8) is 0 Å². The Morgan fingerprint density at radius 3 is 2.32 bits per heavy atom. The lowest BCUT2D eigenvalue weighted by Crippen LogP contribution is -2.57. The minimum atomic E-state index is -4.81. The lowest BCUT2D eigenvalue weighted by Gasteiger charge is -2.40. The van der Waals surface area contributed by atoms with Gasteiger partial charge in [-0.15, -0.1) is 0 Å². The Morgan fingerprint density at radius 1 is 1.24 bits per heavy atom. The van der Waals surface area contributed by atoms with Gasteiger partial charge in [0.15, 0.2) is 0 Å². The maximum atomic E-state index is 13.5. The molecule has 1 atom stereocenters. The normalized spacial score (nSPS) is 17.7. The van der Waals surface area contributed by atoms with Gasteiger partial charge in [0.05, 0.1) is 5.56 Å². The molecule has 1 fully saturated rings. The number of rotatable bonds is 2. The molecule has 1 unspecified atom stereocenters. The molecule has 2 amide bonds. The Hall–Kier alpha value is -2.32. The van der Waals surface area contributed by atoms with Gasteiger partial charge in [0.2, 0.25) is 5.91 Å². The van der Waals surface area contributed by atoms with Gasteiger partial charge in [-0.05, 0) is 45.4 Å². The fourth-order valence-electron chi connectivity index (χ4n) is 2.25. The van der Waals surface area contributed by atoms with Gasteiger partial charge in [-0.1, -0.05) is 0 Å². The van der Waals surface area contributed by atoms with Crippen LogP contribution in [0.5, 0.6) is 0 Å². The minimum absolute atomic E-state index is 0.119. The fraction of sp³-hybridized carbons (Fsp3) is 0.500. The first-order valence-electron chi connectivity index (χ1n) is 7.56. The van der Waals surface area contributed by atoms with Crippen molar-refractivity contribution in [3.8, 4) is 0 Å². The smallest absolute Gasteiger partial charge is 0.419 e. The van der Waals surface area contributed by atoms with E-state index in [0.29, 0.717) is 25.1 Å². The van der Waals surface area contributed by atoms with Gasteiger partial charge in [-0.2, -0.15) is 13.2 Å². The monoisotopic (exact) mass is 362 g/mol. The van der Waals surface area contributed by atoms with Crippen LogP contribution in [0, 0.1) is 5.82 Å². The van der Waals surface area contributed by atoms with E-state index >= 15 is 0 Å². The molecule has 0 aromatic heterocycles. The molecular formula is C16H18F4N2O3. The molecule has 0 aliphatic carbocycles. The number of likely N-dealkylation sites (tertiary alicyclic amines) is 1. The maximum Gasteiger partial charge on any atom is 0.419 e. The lowest BCUT2D eigenvalue weighted by atomic mass is 10.0. The molecule has 1 saturated heterocycles. The maximum absolute atomic E-state index is 13.5. The first-order chi connectivity index (χ1) is 11.4. The van der Waals surface area contributed by atoms with Gasteiger partial charge >= 0.3 is 12.3 Å². The predicted molar refractivity (Wildman–Crippen MR) is 81.4 cm³/mol. The first kappa shape index (κ1) is 19.0. The summed E-state index contributed by atoms with van der Waals surface area (Å²) in [4.78, 5) is 25.3. The molecule has 1 aromatic carbocycles. The average Bonchev–Trinajstić information content (AvgIpc) is 2.32. The molecule has 0 radical (unpaired) electrons. The standard InChI is InChI=1S/C16H18F4N2O3/c1-15(2,3)25-14(24)22-7-6-12(22)13(23)21-9-4-5-10(11(17)8-9)16(18,19)20/h4-5,8,12H,6-7H2,1-3H3,(H,21,23). The third-order valence-electron chi connectivity index (χ3n) is 3.49. The van der Waals surface area contributed by atoms with Crippen LogP contribution in [0.15, 0.2) is 18.2 Å². The summed E-state index contributed by atoms with van der Waals surface area (Å²) < 4.78 is 56.3. The number of anilines is 1. The largest absolute Gasteiger partial charge is 0.444 e. The van der Waals surface area contributed by atoms with Gasteiger partial charge in [-0.25, -0.2) is 9.18 Å². The third kappa shape index (κ3) is 4.61. The van der Waals surface area contributed by atoms with Crippen LogP contribution in [0.2, 0.25) is 0 Å². The molecule has 0 spiro atoms. The van der Waals surface area contributed by atoms with Gasteiger partial charge in [0.25, 0.3) is 0 Å². The first-order valence-corrected chi connectivity index (χ1v) is 7.56. The van der Waals surface area contributed by atoms with Crippen molar-refractivity contribution in [2.24, 2.45) is 0 Å².